The Morgan fingerprint density at radius 1 is 0.867 bits per heavy atom. The van der Waals surface area contributed by atoms with Crippen molar-refractivity contribution in [3.8, 4) is 5.75 Å². The molecule has 162 valence electrons. The van der Waals surface area contributed by atoms with E-state index < -0.39 is 6.10 Å². The van der Waals surface area contributed by atoms with Crippen LogP contribution in [0.25, 0.3) is 10.8 Å². The van der Waals surface area contributed by atoms with E-state index in [4.69, 9.17) is 4.74 Å². The first-order valence-corrected chi connectivity index (χ1v) is 9.70. The molecule has 0 bridgehead atoms. The normalized spacial score (nSPS) is 15.2. The highest BCUT2D eigenvalue weighted by atomic mass is 35.5. The molecule has 7 heteroatoms. The van der Waals surface area contributed by atoms with Gasteiger partial charge in [-0.05, 0) is 35.0 Å². The van der Waals surface area contributed by atoms with Gasteiger partial charge in [0, 0.05) is 32.7 Å². The van der Waals surface area contributed by atoms with Crippen LogP contribution in [0.4, 0.5) is 10.1 Å². The minimum atomic E-state index is -0.563. The molecule has 0 spiro atoms. The Kier molecular flexibility index (Phi) is 9.18. The highest BCUT2D eigenvalue weighted by molar-refractivity contribution is 5.85. The first-order valence-electron chi connectivity index (χ1n) is 9.70. The molecule has 0 saturated carbocycles. The van der Waals surface area contributed by atoms with Crippen LogP contribution >= 0.6 is 24.8 Å². The third-order valence-corrected chi connectivity index (χ3v) is 5.20. The van der Waals surface area contributed by atoms with Crippen LogP contribution in [0.2, 0.25) is 0 Å². The van der Waals surface area contributed by atoms with Crippen molar-refractivity contribution in [3.63, 3.8) is 0 Å². The predicted octanol–water partition coefficient (Wildman–Crippen LogP) is 4.38. The Labute approximate surface area is 189 Å². The fourth-order valence-corrected chi connectivity index (χ4v) is 3.68. The molecule has 3 aromatic carbocycles. The van der Waals surface area contributed by atoms with E-state index in [-0.39, 0.29) is 37.2 Å². The average molecular weight is 453 g/mol. The molecule has 4 rings (SSSR count). The molecule has 0 amide bonds. The highest BCUT2D eigenvalue weighted by Crippen LogP contribution is 2.22. The van der Waals surface area contributed by atoms with E-state index in [2.05, 4.69) is 15.9 Å². The quantitative estimate of drug-likeness (QED) is 0.601. The van der Waals surface area contributed by atoms with Crippen molar-refractivity contribution in [1.29, 1.82) is 0 Å². The molecule has 1 saturated heterocycles. The predicted molar refractivity (Wildman–Crippen MR) is 125 cm³/mol. The van der Waals surface area contributed by atoms with Gasteiger partial charge in [0.25, 0.3) is 0 Å². The SMILES string of the molecule is Cl.Cl.OC(COc1ccc2ccccc2c1)CN1CCN(c2ccccc2F)CC1. The van der Waals surface area contributed by atoms with Crippen molar-refractivity contribution < 1.29 is 14.2 Å². The summed E-state index contributed by atoms with van der Waals surface area (Å²) >= 11 is 0. The number of piperazine rings is 1. The van der Waals surface area contributed by atoms with Gasteiger partial charge in [-0.3, -0.25) is 4.90 Å². The Bertz CT molecular complexity index is 936. The molecular weight excluding hydrogens is 426 g/mol. The Morgan fingerprint density at radius 2 is 1.53 bits per heavy atom. The highest BCUT2D eigenvalue weighted by Gasteiger charge is 2.21. The lowest BCUT2D eigenvalue weighted by molar-refractivity contribution is 0.0663. The maximum absolute atomic E-state index is 13.9. The van der Waals surface area contributed by atoms with Gasteiger partial charge in [-0.25, -0.2) is 4.39 Å². The monoisotopic (exact) mass is 452 g/mol. The summed E-state index contributed by atoms with van der Waals surface area (Å²) in [5.41, 5.74) is 0.655. The summed E-state index contributed by atoms with van der Waals surface area (Å²) in [7, 11) is 0. The Balaban J connectivity index is 0.00000160. The fourth-order valence-electron chi connectivity index (χ4n) is 3.68. The van der Waals surface area contributed by atoms with Gasteiger partial charge in [-0.1, -0.05) is 42.5 Å². The van der Waals surface area contributed by atoms with Crippen LogP contribution in [-0.4, -0.2) is 55.4 Å². The van der Waals surface area contributed by atoms with Gasteiger partial charge in [-0.2, -0.15) is 0 Å². The van der Waals surface area contributed by atoms with E-state index >= 15 is 0 Å². The van der Waals surface area contributed by atoms with Crippen molar-refractivity contribution in [2.75, 3.05) is 44.2 Å². The fraction of sp³-hybridized carbons (Fsp3) is 0.304. The van der Waals surface area contributed by atoms with E-state index in [0.717, 1.165) is 37.3 Å². The number of β-amino-alcohol motifs (C(OH)–C–C–N with tert-alkyl or cyclic N) is 1. The molecule has 1 atom stereocenters. The second kappa shape index (κ2) is 11.4. The lowest BCUT2D eigenvalue weighted by Crippen LogP contribution is -2.49. The number of fused-ring (bicyclic) bond motifs is 1. The third kappa shape index (κ3) is 5.99. The molecule has 1 aliphatic heterocycles. The molecule has 1 fully saturated rings. The summed E-state index contributed by atoms with van der Waals surface area (Å²) in [6.45, 7) is 3.89. The summed E-state index contributed by atoms with van der Waals surface area (Å²) in [5.74, 6) is 0.585. The van der Waals surface area contributed by atoms with Crippen LogP contribution in [-0.2, 0) is 0 Å². The van der Waals surface area contributed by atoms with Gasteiger partial charge in [0.2, 0.25) is 0 Å². The molecule has 1 aliphatic rings. The zero-order chi connectivity index (χ0) is 19.3. The number of anilines is 1. The molecule has 1 heterocycles. The van der Waals surface area contributed by atoms with Crippen LogP contribution in [0.3, 0.4) is 0 Å². The van der Waals surface area contributed by atoms with Crippen molar-refractivity contribution in [2.24, 2.45) is 0 Å². The van der Waals surface area contributed by atoms with Crippen LogP contribution in [0.5, 0.6) is 5.75 Å². The molecular formula is C23H27Cl2FN2O2. The van der Waals surface area contributed by atoms with Gasteiger partial charge in [0.15, 0.2) is 0 Å². The van der Waals surface area contributed by atoms with Crippen LogP contribution in [0, 0.1) is 5.82 Å². The minimum absolute atomic E-state index is 0. The van der Waals surface area contributed by atoms with Gasteiger partial charge in [-0.15, -0.1) is 24.8 Å². The van der Waals surface area contributed by atoms with Crippen molar-refractivity contribution in [2.45, 2.75) is 6.10 Å². The zero-order valence-corrected chi connectivity index (χ0v) is 18.2. The number of halogens is 3. The van der Waals surface area contributed by atoms with Crippen LogP contribution in [0.1, 0.15) is 0 Å². The topological polar surface area (TPSA) is 35.9 Å². The van der Waals surface area contributed by atoms with E-state index in [9.17, 15) is 9.50 Å². The first kappa shape index (κ1) is 24.2. The first-order chi connectivity index (χ1) is 13.7. The van der Waals surface area contributed by atoms with E-state index in [1.165, 1.54) is 11.5 Å². The Hall–Kier alpha value is -2.05. The number of aliphatic hydroxyl groups excluding tert-OH is 1. The van der Waals surface area contributed by atoms with E-state index in [1.54, 1.807) is 6.07 Å². The molecule has 0 radical (unpaired) electrons. The number of aliphatic hydroxyl groups is 1. The molecule has 4 nitrogen and oxygen atoms in total. The van der Waals surface area contributed by atoms with Gasteiger partial charge >= 0.3 is 0 Å². The molecule has 0 aliphatic carbocycles. The zero-order valence-electron chi connectivity index (χ0n) is 16.6. The molecule has 30 heavy (non-hydrogen) atoms. The lowest BCUT2D eigenvalue weighted by Gasteiger charge is -2.36. The minimum Gasteiger partial charge on any atom is -0.491 e. The number of hydrogen-bond acceptors (Lipinski definition) is 4. The summed E-state index contributed by atoms with van der Waals surface area (Å²) in [4.78, 5) is 4.26. The second-order valence-corrected chi connectivity index (χ2v) is 7.21. The molecule has 0 aromatic heterocycles. The molecule has 1 N–H and O–H groups in total. The van der Waals surface area contributed by atoms with Crippen molar-refractivity contribution in [1.82, 2.24) is 4.90 Å². The van der Waals surface area contributed by atoms with Crippen molar-refractivity contribution >= 4 is 41.3 Å². The summed E-state index contributed by atoms with van der Waals surface area (Å²) < 4.78 is 19.7. The van der Waals surface area contributed by atoms with E-state index in [1.807, 2.05) is 48.5 Å². The second-order valence-electron chi connectivity index (χ2n) is 7.21. The Morgan fingerprint density at radius 3 is 2.27 bits per heavy atom. The third-order valence-electron chi connectivity index (χ3n) is 5.20. The molecule has 1 unspecified atom stereocenters. The van der Waals surface area contributed by atoms with Gasteiger partial charge < -0.3 is 14.7 Å². The number of ether oxygens (including phenoxy) is 1. The van der Waals surface area contributed by atoms with E-state index in [0.29, 0.717) is 12.2 Å². The smallest absolute Gasteiger partial charge is 0.146 e. The van der Waals surface area contributed by atoms with Crippen LogP contribution in [0.15, 0.2) is 66.7 Å². The van der Waals surface area contributed by atoms with Gasteiger partial charge in [0.1, 0.15) is 24.3 Å². The number of para-hydroxylation sites is 1. The van der Waals surface area contributed by atoms with Crippen molar-refractivity contribution in [3.05, 3.63) is 72.5 Å². The average Bonchev–Trinajstić information content (AvgIpc) is 2.73. The summed E-state index contributed by atoms with van der Waals surface area (Å²) in [5, 5.41) is 12.7. The number of hydrogen-bond donors (Lipinski definition) is 1. The number of nitrogens with zero attached hydrogens (tertiary/aromatic N) is 2. The lowest BCUT2D eigenvalue weighted by atomic mass is 10.1. The number of rotatable bonds is 6. The molecule has 3 aromatic rings. The maximum Gasteiger partial charge on any atom is 0.146 e. The number of benzene rings is 3. The summed E-state index contributed by atoms with van der Waals surface area (Å²) in [6.07, 6.45) is -0.563. The van der Waals surface area contributed by atoms with Gasteiger partial charge in [0.05, 0.1) is 5.69 Å². The van der Waals surface area contributed by atoms with Crippen LogP contribution < -0.4 is 9.64 Å². The maximum atomic E-state index is 13.9. The standard InChI is InChI=1S/C23H25FN2O2.2ClH/c24-22-7-3-4-8-23(22)26-13-11-25(12-14-26)16-20(27)17-28-21-10-9-18-5-1-2-6-19(18)15-21;;/h1-10,15,20,27H,11-14,16-17H2;2*1H. The largest absolute Gasteiger partial charge is 0.491 e. The summed E-state index contributed by atoms with van der Waals surface area (Å²) in [6, 6.07) is 21.0.